The molecule has 1 heterocycles. The van der Waals surface area contributed by atoms with Crippen molar-refractivity contribution in [2.24, 2.45) is 0 Å². The molecule has 0 bridgehead atoms. The summed E-state index contributed by atoms with van der Waals surface area (Å²) in [5.41, 5.74) is 1.05. The molecule has 3 rings (SSSR count). The molecule has 0 amide bonds. The number of nitrogens with one attached hydrogen (secondary N) is 1. The van der Waals surface area contributed by atoms with Gasteiger partial charge in [0, 0.05) is 6.54 Å². The maximum absolute atomic E-state index is 11.5. The fourth-order valence-electron chi connectivity index (χ4n) is 2.26. The minimum atomic E-state index is -1.04. The molecule has 0 aromatic heterocycles. The summed E-state index contributed by atoms with van der Waals surface area (Å²) >= 11 is 0.799. The van der Waals surface area contributed by atoms with Crippen LogP contribution in [0.15, 0.2) is 42.5 Å². The summed E-state index contributed by atoms with van der Waals surface area (Å²) in [5.74, 6) is 0.0189. The van der Waals surface area contributed by atoms with E-state index in [1.807, 2.05) is 30.3 Å². The van der Waals surface area contributed by atoms with Crippen molar-refractivity contribution in [2.75, 3.05) is 17.1 Å². The Morgan fingerprint density at radius 3 is 2.64 bits per heavy atom. The van der Waals surface area contributed by atoms with E-state index in [-0.39, 0.29) is 5.56 Å². The Bertz CT molecular complexity index is 737. The first-order chi connectivity index (χ1) is 12.2. The Morgan fingerprint density at radius 1 is 1.28 bits per heavy atom. The van der Waals surface area contributed by atoms with Crippen LogP contribution in [0.2, 0.25) is 0 Å². The molecule has 0 aliphatic carbocycles. The molecule has 7 nitrogen and oxygen atoms in total. The van der Waals surface area contributed by atoms with Gasteiger partial charge in [0.25, 0.3) is 0 Å². The largest absolute Gasteiger partial charge is 0.478 e. The number of ether oxygens (including phenoxy) is 1. The second kappa shape index (κ2) is 8.11. The normalized spacial score (nSPS) is 13.2. The minimum absolute atomic E-state index is 0.110. The minimum Gasteiger partial charge on any atom is -0.478 e. The number of carboxylic acids is 1. The van der Waals surface area contributed by atoms with Crippen LogP contribution in [0.1, 0.15) is 30.1 Å². The first-order valence-corrected chi connectivity index (χ1v) is 8.55. The lowest BCUT2D eigenvalue weighted by Gasteiger charge is -2.29. The number of carboxylic acid groups (broad SMARTS) is 1. The number of carbonyl (C=O) groups is 1. The maximum Gasteiger partial charge on any atom is 0.335 e. The third kappa shape index (κ3) is 4.16. The van der Waals surface area contributed by atoms with Crippen LogP contribution in [0.25, 0.3) is 0 Å². The second-order valence-corrected chi connectivity index (χ2v) is 5.78. The molecular formula is C17H18N2O5S. The van der Waals surface area contributed by atoms with Crippen LogP contribution in [0.5, 0.6) is 11.5 Å². The molecule has 0 atom stereocenters. The van der Waals surface area contributed by atoms with Crippen molar-refractivity contribution < 1.29 is 23.2 Å². The van der Waals surface area contributed by atoms with E-state index >= 15 is 0 Å². The maximum atomic E-state index is 11.5. The van der Waals surface area contributed by atoms with Crippen LogP contribution in [0.3, 0.4) is 0 Å². The van der Waals surface area contributed by atoms with E-state index in [9.17, 15) is 9.90 Å². The lowest BCUT2D eigenvalue weighted by atomic mass is 10.1. The van der Waals surface area contributed by atoms with E-state index in [4.69, 9.17) is 13.3 Å². The number of hydrogen-bond donors (Lipinski definition) is 2. The molecule has 8 heteroatoms. The zero-order chi connectivity index (χ0) is 17.6. The van der Waals surface area contributed by atoms with Crippen LogP contribution < -0.4 is 15.3 Å². The molecule has 0 spiro atoms. The van der Waals surface area contributed by atoms with Crippen LogP contribution in [0.4, 0.5) is 11.4 Å². The Kier molecular flexibility index (Phi) is 5.64. The number of para-hydroxylation sites is 1. The van der Waals surface area contributed by atoms with Gasteiger partial charge in [0.1, 0.15) is 11.4 Å². The number of nitrogens with zero attached hydrogens (tertiary/aromatic N) is 1. The number of unbranched alkanes of at least 4 members (excludes halogenated alkanes) is 1. The molecule has 1 saturated heterocycles. The van der Waals surface area contributed by atoms with Crippen molar-refractivity contribution in [1.29, 1.82) is 0 Å². The predicted molar refractivity (Wildman–Crippen MR) is 95.6 cm³/mol. The van der Waals surface area contributed by atoms with E-state index in [0.29, 0.717) is 29.4 Å². The van der Waals surface area contributed by atoms with Gasteiger partial charge in [0.15, 0.2) is 5.75 Å². The third-order valence-corrected chi connectivity index (χ3v) is 3.91. The summed E-state index contributed by atoms with van der Waals surface area (Å²) in [6.45, 7) is 2.78. The van der Waals surface area contributed by atoms with Crippen molar-refractivity contribution in [1.82, 2.24) is 0 Å². The zero-order valence-electron chi connectivity index (χ0n) is 13.6. The van der Waals surface area contributed by atoms with E-state index in [2.05, 4.69) is 12.2 Å². The summed E-state index contributed by atoms with van der Waals surface area (Å²) in [4.78, 5) is 11.5. The Hall–Kier alpha value is -2.42. The lowest BCUT2D eigenvalue weighted by Crippen LogP contribution is -2.27. The van der Waals surface area contributed by atoms with Gasteiger partial charge in [-0.25, -0.2) is 4.79 Å². The fourth-order valence-corrected chi connectivity index (χ4v) is 2.54. The molecule has 0 radical (unpaired) electrons. The standard InChI is InChI=1S/C17H18N2O5S/c1-2-3-9-18-14-10-12(17(20)21)11-15(19-23-25-24-19)16(14)22-13-7-5-4-6-8-13/h4-8,10-11,18H,2-3,9H2,1H3,(H,20,21). The quantitative estimate of drug-likeness (QED) is 0.519. The third-order valence-electron chi connectivity index (χ3n) is 3.52. The second-order valence-electron chi connectivity index (χ2n) is 5.35. The molecule has 0 unspecified atom stereocenters. The summed E-state index contributed by atoms with van der Waals surface area (Å²) in [6.07, 6.45) is 1.96. The van der Waals surface area contributed by atoms with E-state index in [0.717, 1.165) is 30.4 Å². The smallest absolute Gasteiger partial charge is 0.335 e. The topological polar surface area (TPSA) is 80.3 Å². The SMILES string of the molecule is CCCCNc1cc(C(=O)O)cc(N2OSO2)c1Oc1ccccc1. The van der Waals surface area contributed by atoms with Gasteiger partial charge < -0.3 is 15.2 Å². The highest BCUT2D eigenvalue weighted by molar-refractivity contribution is 7.90. The van der Waals surface area contributed by atoms with Crippen molar-refractivity contribution in [2.45, 2.75) is 19.8 Å². The Labute approximate surface area is 149 Å². The van der Waals surface area contributed by atoms with Gasteiger partial charge in [0.2, 0.25) is 12.3 Å². The summed E-state index contributed by atoms with van der Waals surface area (Å²) in [7, 11) is 0. The molecule has 1 aliphatic heterocycles. The number of benzene rings is 2. The molecular weight excluding hydrogens is 344 g/mol. The molecule has 0 saturated carbocycles. The lowest BCUT2D eigenvalue weighted by molar-refractivity contribution is 0.0259. The molecule has 25 heavy (non-hydrogen) atoms. The van der Waals surface area contributed by atoms with Gasteiger partial charge in [-0.2, -0.15) is 0 Å². The average Bonchev–Trinajstić information content (AvgIpc) is 2.56. The Balaban J connectivity index is 2.01. The first-order valence-electron chi connectivity index (χ1n) is 7.88. The van der Waals surface area contributed by atoms with Gasteiger partial charge >= 0.3 is 5.97 Å². The van der Waals surface area contributed by atoms with Crippen LogP contribution in [-0.2, 0) is 8.57 Å². The highest BCUT2D eigenvalue weighted by atomic mass is 32.2. The summed E-state index contributed by atoms with van der Waals surface area (Å²) in [5, 5.41) is 13.8. The first kappa shape index (κ1) is 17.4. The van der Waals surface area contributed by atoms with Gasteiger partial charge in [-0.15, -0.1) is 8.57 Å². The van der Waals surface area contributed by atoms with Gasteiger partial charge in [-0.1, -0.05) is 36.8 Å². The predicted octanol–water partition coefficient (Wildman–Crippen LogP) is 4.64. The highest BCUT2D eigenvalue weighted by Gasteiger charge is 2.28. The van der Waals surface area contributed by atoms with Crippen LogP contribution in [0, 0.1) is 0 Å². The average molecular weight is 362 g/mol. The highest BCUT2D eigenvalue weighted by Crippen LogP contribution is 2.44. The summed E-state index contributed by atoms with van der Waals surface area (Å²) in [6, 6.07) is 12.2. The monoisotopic (exact) mass is 362 g/mol. The van der Waals surface area contributed by atoms with Crippen molar-refractivity contribution >= 4 is 29.7 Å². The number of aromatic carboxylic acids is 1. The van der Waals surface area contributed by atoms with Crippen molar-refractivity contribution in [3.8, 4) is 11.5 Å². The van der Waals surface area contributed by atoms with Crippen LogP contribution in [-0.4, -0.2) is 17.6 Å². The van der Waals surface area contributed by atoms with E-state index < -0.39 is 5.97 Å². The van der Waals surface area contributed by atoms with E-state index in [1.165, 1.54) is 6.07 Å². The number of anilines is 2. The molecule has 1 fully saturated rings. The van der Waals surface area contributed by atoms with Gasteiger partial charge in [-0.3, -0.25) is 0 Å². The fraction of sp³-hybridized carbons (Fsp3) is 0.235. The molecule has 2 N–H and O–H groups in total. The number of hydrogen-bond acceptors (Lipinski definition) is 7. The van der Waals surface area contributed by atoms with Gasteiger partial charge in [-0.05, 0) is 30.7 Å². The molecule has 2 aromatic rings. The zero-order valence-corrected chi connectivity index (χ0v) is 14.4. The van der Waals surface area contributed by atoms with E-state index in [1.54, 1.807) is 6.07 Å². The molecule has 132 valence electrons. The molecule has 2 aromatic carbocycles. The van der Waals surface area contributed by atoms with Crippen molar-refractivity contribution in [3.05, 3.63) is 48.0 Å². The van der Waals surface area contributed by atoms with Crippen LogP contribution >= 0.6 is 12.3 Å². The van der Waals surface area contributed by atoms with Crippen molar-refractivity contribution in [3.63, 3.8) is 0 Å². The van der Waals surface area contributed by atoms with Gasteiger partial charge in [0.05, 0.1) is 11.3 Å². The summed E-state index contributed by atoms with van der Waals surface area (Å²) < 4.78 is 16.3. The Morgan fingerprint density at radius 2 is 2.04 bits per heavy atom. The number of rotatable bonds is 8. The molecule has 1 aliphatic rings.